The van der Waals surface area contributed by atoms with Gasteiger partial charge in [-0.25, -0.2) is 4.21 Å². The fraction of sp³-hybridized carbons (Fsp3) is 0.250. The van der Waals surface area contributed by atoms with Gasteiger partial charge in [0.05, 0.1) is 23.5 Å². The summed E-state index contributed by atoms with van der Waals surface area (Å²) in [5, 5.41) is 0. The molecule has 0 saturated heterocycles. The van der Waals surface area contributed by atoms with E-state index in [0.29, 0.717) is 0 Å². The van der Waals surface area contributed by atoms with Crippen molar-refractivity contribution >= 4 is 11.4 Å². The van der Waals surface area contributed by atoms with Crippen LogP contribution in [0.2, 0.25) is 0 Å². The average Bonchev–Trinajstić information content (AvgIpc) is 2.14. The van der Waals surface area contributed by atoms with Gasteiger partial charge in [0.2, 0.25) is 0 Å². The van der Waals surface area contributed by atoms with Gasteiger partial charge in [0.25, 0.3) is 0 Å². The zero-order valence-corrected chi connectivity index (χ0v) is 8.10. The molecule has 0 N–H and O–H groups in total. The van der Waals surface area contributed by atoms with Crippen molar-refractivity contribution in [3.63, 3.8) is 0 Å². The van der Waals surface area contributed by atoms with Crippen molar-refractivity contribution in [3.8, 4) is 0 Å². The third kappa shape index (κ3) is 3.98. The molecule has 7 heteroatoms. The van der Waals surface area contributed by atoms with Gasteiger partial charge < -0.3 is 4.55 Å². The molecule has 1 rings (SSSR count). The van der Waals surface area contributed by atoms with Crippen molar-refractivity contribution in [2.75, 3.05) is 0 Å². The number of benzene rings is 1. The molecule has 0 fully saturated rings. The molecule has 1 aromatic rings. The van der Waals surface area contributed by atoms with Gasteiger partial charge >= 0.3 is 6.18 Å². The summed E-state index contributed by atoms with van der Waals surface area (Å²) in [7, 11) is 0. The van der Waals surface area contributed by atoms with Crippen molar-refractivity contribution in [1.29, 1.82) is 0 Å². The van der Waals surface area contributed by atoms with E-state index in [2.05, 4.69) is 4.18 Å². The number of hydrogen-bond acceptors (Lipinski definition) is 3. The topological polar surface area (TPSA) is 49.4 Å². The summed E-state index contributed by atoms with van der Waals surface area (Å²) < 4.78 is 60.8. The molecule has 0 aliphatic heterocycles. The lowest BCUT2D eigenvalue weighted by Gasteiger charge is -2.09. The van der Waals surface area contributed by atoms with Gasteiger partial charge in [-0.05, 0) is 17.7 Å². The monoisotopic (exact) mass is 239 g/mol. The highest BCUT2D eigenvalue weighted by molar-refractivity contribution is 7.74. The molecule has 0 saturated carbocycles. The minimum Gasteiger partial charge on any atom is -0.750 e. The molecule has 0 aliphatic carbocycles. The van der Waals surface area contributed by atoms with E-state index < -0.39 is 29.7 Å². The smallest absolute Gasteiger partial charge is 0.416 e. The second-order valence-corrected chi connectivity index (χ2v) is 3.31. The maximum Gasteiger partial charge on any atom is 0.416 e. The molecular formula is C8H6F3O3S-. The van der Waals surface area contributed by atoms with E-state index in [1.54, 1.807) is 0 Å². The number of alkyl halides is 3. The van der Waals surface area contributed by atoms with Gasteiger partial charge in [-0.3, -0.25) is 4.18 Å². The van der Waals surface area contributed by atoms with E-state index in [1.807, 2.05) is 0 Å². The van der Waals surface area contributed by atoms with Crippen LogP contribution in [0.25, 0.3) is 0 Å². The number of halogens is 3. The lowest BCUT2D eigenvalue weighted by Crippen LogP contribution is -2.05. The van der Waals surface area contributed by atoms with Crippen molar-refractivity contribution in [2.45, 2.75) is 12.8 Å². The van der Waals surface area contributed by atoms with Crippen LogP contribution >= 0.6 is 0 Å². The Kier molecular flexibility index (Phi) is 3.83. The van der Waals surface area contributed by atoms with E-state index in [-0.39, 0.29) is 5.56 Å². The molecule has 3 nitrogen and oxygen atoms in total. The first-order valence-corrected chi connectivity index (χ1v) is 4.78. The third-order valence-electron chi connectivity index (χ3n) is 1.58. The summed E-state index contributed by atoms with van der Waals surface area (Å²) in [4.78, 5) is 0. The quantitative estimate of drug-likeness (QED) is 0.758. The summed E-state index contributed by atoms with van der Waals surface area (Å²) in [5.74, 6) is 0. The summed E-state index contributed by atoms with van der Waals surface area (Å²) in [6.45, 7) is -0.403. The lowest BCUT2D eigenvalue weighted by molar-refractivity contribution is -0.137. The largest absolute Gasteiger partial charge is 0.750 e. The van der Waals surface area contributed by atoms with Crippen LogP contribution in [0.15, 0.2) is 24.3 Å². The Morgan fingerprint density at radius 2 is 2.07 bits per heavy atom. The van der Waals surface area contributed by atoms with E-state index in [9.17, 15) is 21.9 Å². The van der Waals surface area contributed by atoms with Crippen molar-refractivity contribution in [2.24, 2.45) is 0 Å². The molecule has 0 aromatic heterocycles. The molecular weight excluding hydrogens is 233 g/mol. The Labute approximate surface area is 86.4 Å². The SMILES string of the molecule is O=S([O-])OCc1cccc(C(F)(F)F)c1. The van der Waals surface area contributed by atoms with Crippen molar-refractivity contribution in [3.05, 3.63) is 35.4 Å². The second kappa shape index (κ2) is 4.73. The molecule has 15 heavy (non-hydrogen) atoms. The Bertz CT molecular complexity index is 364. The fourth-order valence-electron chi connectivity index (χ4n) is 0.954. The van der Waals surface area contributed by atoms with Crippen LogP contribution in [0.3, 0.4) is 0 Å². The Morgan fingerprint density at radius 1 is 1.40 bits per heavy atom. The standard InChI is InChI=1S/C8H7F3O3S/c9-8(10,11)7-3-1-2-6(4-7)5-14-15(12)13/h1-4H,5H2,(H,12,13)/p-1. The van der Waals surface area contributed by atoms with Crippen LogP contribution in [-0.4, -0.2) is 8.76 Å². The first-order valence-electron chi connectivity index (χ1n) is 3.78. The first-order chi connectivity index (χ1) is 6.89. The minimum atomic E-state index is -4.44. The molecule has 84 valence electrons. The summed E-state index contributed by atoms with van der Waals surface area (Å²) in [5.41, 5.74) is -0.686. The van der Waals surface area contributed by atoms with E-state index in [4.69, 9.17) is 0 Å². The summed E-state index contributed by atoms with van der Waals surface area (Å²) in [6.07, 6.45) is -4.44. The van der Waals surface area contributed by atoms with Crippen LogP contribution < -0.4 is 0 Å². The van der Waals surface area contributed by atoms with Crippen LogP contribution in [0.4, 0.5) is 13.2 Å². The highest BCUT2D eigenvalue weighted by atomic mass is 32.2. The summed E-state index contributed by atoms with van der Waals surface area (Å²) >= 11 is -2.73. The van der Waals surface area contributed by atoms with Crippen LogP contribution in [0.5, 0.6) is 0 Å². The number of hydrogen-bond donors (Lipinski definition) is 0. The molecule has 0 radical (unpaired) electrons. The Balaban J connectivity index is 2.79. The normalized spacial score (nSPS) is 13.9. The van der Waals surface area contributed by atoms with E-state index in [1.165, 1.54) is 12.1 Å². The van der Waals surface area contributed by atoms with Crippen LogP contribution in [0.1, 0.15) is 11.1 Å². The van der Waals surface area contributed by atoms with Gasteiger partial charge in [-0.15, -0.1) is 0 Å². The lowest BCUT2D eigenvalue weighted by atomic mass is 10.1. The zero-order valence-electron chi connectivity index (χ0n) is 7.28. The summed E-state index contributed by atoms with van der Waals surface area (Å²) in [6, 6.07) is 4.28. The van der Waals surface area contributed by atoms with Gasteiger partial charge in [0.15, 0.2) is 0 Å². The predicted octanol–water partition coefficient (Wildman–Crippen LogP) is 2.02. The van der Waals surface area contributed by atoms with Gasteiger partial charge in [0.1, 0.15) is 0 Å². The molecule has 0 bridgehead atoms. The van der Waals surface area contributed by atoms with Crippen LogP contribution in [-0.2, 0) is 28.3 Å². The maximum absolute atomic E-state index is 12.2. The Hall–Kier alpha value is -0.920. The van der Waals surface area contributed by atoms with E-state index >= 15 is 0 Å². The van der Waals surface area contributed by atoms with Gasteiger partial charge in [0, 0.05) is 0 Å². The molecule has 0 aliphatic rings. The van der Waals surface area contributed by atoms with E-state index in [0.717, 1.165) is 12.1 Å². The van der Waals surface area contributed by atoms with Crippen molar-refractivity contribution < 1.29 is 26.1 Å². The maximum atomic E-state index is 12.2. The van der Waals surface area contributed by atoms with Crippen LogP contribution in [0, 0.1) is 0 Å². The van der Waals surface area contributed by atoms with Crippen molar-refractivity contribution in [1.82, 2.24) is 0 Å². The molecule has 1 unspecified atom stereocenters. The minimum absolute atomic E-state index is 0.147. The Morgan fingerprint density at radius 3 is 2.60 bits per heavy atom. The highest BCUT2D eigenvalue weighted by Crippen LogP contribution is 2.29. The molecule has 0 amide bonds. The third-order valence-corrected chi connectivity index (χ3v) is 1.89. The fourth-order valence-corrected chi connectivity index (χ4v) is 1.19. The average molecular weight is 239 g/mol. The molecule has 0 spiro atoms. The predicted molar refractivity (Wildman–Crippen MR) is 45.2 cm³/mol. The van der Waals surface area contributed by atoms with Gasteiger partial charge in [-0.1, -0.05) is 12.1 Å². The number of rotatable bonds is 3. The molecule has 0 heterocycles. The highest BCUT2D eigenvalue weighted by Gasteiger charge is 2.30. The first kappa shape index (κ1) is 12.2. The molecule has 1 aromatic carbocycles. The second-order valence-electron chi connectivity index (χ2n) is 2.66. The van der Waals surface area contributed by atoms with Gasteiger partial charge in [-0.2, -0.15) is 13.2 Å². The molecule has 1 atom stereocenters. The zero-order chi connectivity index (χ0) is 11.5.